The van der Waals surface area contributed by atoms with Gasteiger partial charge in [-0.05, 0) is 37.0 Å². The predicted octanol–water partition coefficient (Wildman–Crippen LogP) is 2.89. The fraction of sp³-hybridized carbons (Fsp3) is 0.538. The average molecular weight is 299 g/mol. The lowest BCUT2D eigenvalue weighted by molar-refractivity contribution is 0.139. The van der Waals surface area contributed by atoms with E-state index < -0.39 is 0 Å². The number of nitrogens with zero attached hydrogens (tertiary/aromatic N) is 1. The van der Waals surface area contributed by atoms with E-state index >= 15 is 0 Å². The van der Waals surface area contributed by atoms with Crippen molar-refractivity contribution in [3.05, 3.63) is 22.7 Å². The van der Waals surface area contributed by atoms with Crippen molar-refractivity contribution in [2.45, 2.75) is 12.8 Å². The topological polar surface area (TPSA) is 38.5 Å². The van der Waals surface area contributed by atoms with Gasteiger partial charge in [-0.2, -0.15) is 0 Å². The lowest BCUT2D eigenvalue weighted by atomic mass is 9.97. The molecule has 0 atom stereocenters. The molecule has 94 valence electrons. The molecule has 2 rings (SSSR count). The third-order valence-corrected chi connectivity index (χ3v) is 3.84. The molecule has 0 unspecified atom stereocenters. The zero-order valence-electron chi connectivity index (χ0n) is 10.2. The summed E-state index contributed by atoms with van der Waals surface area (Å²) in [6, 6.07) is 6.11. The van der Waals surface area contributed by atoms with E-state index in [-0.39, 0.29) is 0 Å². The Morgan fingerprint density at radius 3 is 2.71 bits per heavy atom. The van der Waals surface area contributed by atoms with Crippen LogP contribution in [0.2, 0.25) is 0 Å². The standard InChI is InChI=1S/C13H19BrN2O/c1-17-9-10-4-6-16(7-5-10)13-3-2-11(14)8-12(13)15/h2-3,8,10H,4-7,9,15H2,1H3. The molecule has 1 aromatic carbocycles. The van der Waals surface area contributed by atoms with Crippen molar-refractivity contribution < 1.29 is 4.74 Å². The molecule has 1 aliphatic heterocycles. The third-order valence-electron chi connectivity index (χ3n) is 3.35. The van der Waals surface area contributed by atoms with Crippen LogP contribution in [0.1, 0.15) is 12.8 Å². The van der Waals surface area contributed by atoms with E-state index in [1.165, 1.54) is 12.8 Å². The molecule has 4 heteroatoms. The smallest absolute Gasteiger partial charge is 0.0600 e. The van der Waals surface area contributed by atoms with E-state index in [0.717, 1.165) is 35.5 Å². The Morgan fingerprint density at radius 2 is 2.12 bits per heavy atom. The van der Waals surface area contributed by atoms with Gasteiger partial charge in [-0.1, -0.05) is 15.9 Å². The number of piperidine rings is 1. The molecule has 17 heavy (non-hydrogen) atoms. The maximum absolute atomic E-state index is 6.05. The molecular weight excluding hydrogens is 280 g/mol. The number of nitrogens with two attached hydrogens (primary N) is 1. The maximum Gasteiger partial charge on any atom is 0.0600 e. The van der Waals surface area contributed by atoms with Crippen LogP contribution < -0.4 is 10.6 Å². The summed E-state index contributed by atoms with van der Waals surface area (Å²) >= 11 is 3.44. The van der Waals surface area contributed by atoms with Gasteiger partial charge >= 0.3 is 0 Å². The van der Waals surface area contributed by atoms with Gasteiger partial charge in [0, 0.05) is 31.3 Å². The summed E-state index contributed by atoms with van der Waals surface area (Å²) in [5.74, 6) is 0.702. The van der Waals surface area contributed by atoms with Crippen LogP contribution in [0.4, 0.5) is 11.4 Å². The molecule has 2 N–H and O–H groups in total. The van der Waals surface area contributed by atoms with Crippen LogP contribution in [0.15, 0.2) is 22.7 Å². The first kappa shape index (κ1) is 12.7. The molecule has 1 fully saturated rings. The van der Waals surface area contributed by atoms with Gasteiger partial charge in [0.15, 0.2) is 0 Å². The molecule has 3 nitrogen and oxygen atoms in total. The minimum absolute atomic E-state index is 0.702. The Balaban J connectivity index is 2.00. The molecule has 0 bridgehead atoms. The van der Waals surface area contributed by atoms with Crippen LogP contribution in [0.5, 0.6) is 0 Å². The molecule has 1 aliphatic rings. The first-order chi connectivity index (χ1) is 8.20. The van der Waals surface area contributed by atoms with Crippen LogP contribution in [-0.4, -0.2) is 26.8 Å². The van der Waals surface area contributed by atoms with E-state index in [1.54, 1.807) is 7.11 Å². The van der Waals surface area contributed by atoms with Gasteiger partial charge in [0.1, 0.15) is 0 Å². The summed E-state index contributed by atoms with van der Waals surface area (Å²) in [7, 11) is 1.78. The molecule has 1 saturated heterocycles. The van der Waals surface area contributed by atoms with Crippen molar-refractivity contribution in [1.29, 1.82) is 0 Å². The summed E-state index contributed by atoms with van der Waals surface area (Å²) in [4.78, 5) is 2.37. The Bertz CT molecular complexity index is 376. The summed E-state index contributed by atoms with van der Waals surface area (Å²) in [6.07, 6.45) is 2.37. The molecule has 0 saturated carbocycles. The van der Waals surface area contributed by atoms with Gasteiger partial charge < -0.3 is 15.4 Å². The van der Waals surface area contributed by atoms with Crippen molar-refractivity contribution in [2.24, 2.45) is 5.92 Å². The van der Waals surface area contributed by atoms with Crippen molar-refractivity contribution in [1.82, 2.24) is 0 Å². The predicted molar refractivity (Wildman–Crippen MR) is 75.4 cm³/mol. The average Bonchev–Trinajstić information content (AvgIpc) is 2.31. The fourth-order valence-electron chi connectivity index (χ4n) is 2.39. The van der Waals surface area contributed by atoms with Crippen molar-refractivity contribution in [3.8, 4) is 0 Å². The lowest BCUT2D eigenvalue weighted by Crippen LogP contribution is -2.35. The van der Waals surface area contributed by atoms with E-state index in [4.69, 9.17) is 10.5 Å². The van der Waals surface area contributed by atoms with Crippen molar-refractivity contribution in [3.63, 3.8) is 0 Å². The molecule has 0 amide bonds. The first-order valence-electron chi connectivity index (χ1n) is 5.99. The van der Waals surface area contributed by atoms with Gasteiger partial charge in [0.05, 0.1) is 11.4 Å². The number of anilines is 2. The Kier molecular flexibility index (Phi) is 4.29. The lowest BCUT2D eigenvalue weighted by Gasteiger charge is -2.34. The summed E-state index contributed by atoms with van der Waals surface area (Å²) in [6.45, 7) is 3.02. The van der Waals surface area contributed by atoms with Gasteiger partial charge in [0.2, 0.25) is 0 Å². The van der Waals surface area contributed by atoms with Crippen molar-refractivity contribution >= 4 is 27.3 Å². The SMILES string of the molecule is COCC1CCN(c2ccc(Br)cc2N)CC1. The van der Waals surface area contributed by atoms with Crippen LogP contribution >= 0.6 is 15.9 Å². The normalized spacial score (nSPS) is 17.4. The fourth-order valence-corrected chi connectivity index (χ4v) is 2.77. The minimum Gasteiger partial charge on any atom is -0.397 e. The van der Waals surface area contributed by atoms with Gasteiger partial charge in [-0.25, -0.2) is 0 Å². The number of halogens is 1. The van der Waals surface area contributed by atoms with Crippen LogP contribution in [0.3, 0.4) is 0 Å². The highest BCUT2D eigenvalue weighted by Crippen LogP contribution is 2.30. The molecule has 0 aliphatic carbocycles. The molecule has 0 spiro atoms. The van der Waals surface area contributed by atoms with Crippen LogP contribution in [0, 0.1) is 5.92 Å². The largest absolute Gasteiger partial charge is 0.397 e. The number of hydrogen-bond donors (Lipinski definition) is 1. The van der Waals surface area contributed by atoms with Gasteiger partial charge in [0.25, 0.3) is 0 Å². The van der Waals surface area contributed by atoms with Crippen LogP contribution in [-0.2, 0) is 4.74 Å². The zero-order valence-corrected chi connectivity index (χ0v) is 11.7. The van der Waals surface area contributed by atoms with Gasteiger partial charge in [-0.3, -0.25) is 0 Å². The summed E-state index contributed by atoms with van der Waals surface area (Å²) in [5.41, 5.74) is 8.06. The highest BCUT2D eigenvalue weighted by molar-refractivity contribution is 9.10. The molecule has 0 radical (unpaired) electrons. The van der Waals surface area contributed by atoms with Gasteiger partial charge in [-0.15, -0.1) is 0 Å². The van der Waals surface area contributed by atoms with E-state index in [1.807, 2.05) is 12.1 Å². The summed E-state index contributed by atoms with van der Waals surface area (Å²) in [5, 5.41) is 0. The molecule has 1 aromatic rings. The maximum atomic E-state index is 6.05. The number of ether oxygens (including phenoxy) is 1. The van der Waals surface area contributed by atoms with E-state index in [0.29, 0.717) is 5.92 Å². The number of rotatable bonds is 3. The highest BCUT2D eigenvalue weighted by atomic mass is 79.9. The third kappa shape index (κ3) is 3.13. The number of hydrogen-bond acceptors (Lipinski definition) is 3. The van der Waals surface area contributed by atoms with E-state index in [2.05, 4.69) is 26.9 Å². The van der Waals surface area contributed by atoms with Crippen molar-refractivity contribution in [2.75, 3.05) is 37.4 Å². The second kappa shape index (κ2) is 5.74. The molecule has 1 heterocycles. The van der Waals surface area contributed by atoms with Crippen LogP contribution in [0.25, 0.3) is 0 Å². The van der Waals surface area contributed by atoms with E-state index in [9.17, 15) is 0 Å². The second-order valence-corrected chi connectivity index (χ2v) is 5.50. The Labute approximate surface area is 111 Å². The first-order valence-corrected chi connectivity index (χ1v) is 6.79. The number of benzene rings is 1. The molecular formula is C13H19BrN2O. The monoisotopic (exact) mass is 298 g/mol. The quantitative estimate of drug-likeness (QED) is 0.872. The number of nitrogen functional groups attached to an aromatic ring is 1. The molecule has 0 aromatic heterocycles. The second-order valence-electron chi connectivity index (χ2n) is 4.59. The zero-order chi connectivity index (χ0) is 12.3. The minimum atomic E-state index is 0.702. The Hall–Kier alpha value is -0.740. The Morgan fingerprint density at radius 1 is 1.41 bits per heavy atom. The summed E-state index contributed by atoms with van der Waals surface area (Å²) < 4.78 is 6.25. The number of methoxy groups -OCH3 is 1. The highest BCUT2D eigenvalue weighted by Gasteiger charge is 2.20.